The minimum absolute atomic E-state index is 0.475. The van der Waals surface area contributed by atoms with Crippen LogP contribution in [0.2, 0.25) is 6.04 Å². The molecule has 0 aliphatic heterocycles. The summed E-state index contributed by atoms with van der Waals surface area (Å²) in [5.41, 5.74) is 0. The van der Waals surface area contributed by atoms with E-state index in [-0.39, 0.29) is 0 Å². The molecule has 0 amide bonds. The van der Waals surface area contributed by atoms with Crippen LogP contribution in [0, 0.1) is 0 Å². The van der Waals surface area contributed by atoms with E-state index in [0.717, 1.165) is 19.0 Å². The van der Waals surface area contributed by atoms with Crippen LogP contribution in [-0.4, -0.2) is 46.5 Å². The van der Waals surface area contributed by atoms with Crippen molar-refractivity contribution < 1.29 is 18.4 Å². The van der Waals surface area contributed by atoms with Crippen molar-refractivity contribution in [2.24, 2.45) is 0 Å². The summed E-state index contributed by atoms with van der Waals surface area (Å²) in [6.45, 7) is 10.1. The molecule has 0 spiro atoms. The lowest BCUT2D eigenvalue weighted by Gasteiger charge is -2.28. The third-order valence-electron chi connectivity index (χ3n) is 2.19. The second-order valence-electron chi connectivity index (χ2n) is 3.72. The normalized spacial score (nSPS) is 13.9. The van der Waals surface area contributed by atoms with Gasteiger partial charge in [0.2, 0.25) is 0 Å². The Morgan fingerprint density at radius 2 is 1.53 bits per heavy atom. The summed E-state index contributed by atoms with van der Waals surface area (Å²) in [5, 5.41) is 12.1. The number of nitrogens with one attached hydrogen (secondary N) is 1. The van der Waals surface area contributed by atoms with Gasteiger partial charge >= 0.3 is 8.80 Å². The summed E-state index contributed by atoms with van der Waals surface area (Å²) < 4.78 is 17.2. The van der Waals surface area contributed by atoms with Crippen molar-refractivity contribution >= 4 is 8.80 Å². The van der Waals surface area contributed by atoms with Crippen LogP contribution in [0.15, 0.2) is 0 Å². The summed E-state index contributed by atoms with van der Waals surface area (Å²) in [4.78, 5) is 0. The summed E-state index contributed by atoms with van der Waals surface area (Å²) in [6.07, 6.45) is 0.397. The average molecular weight is 265 g/mol. The molecule has 0 radical (unpaired) electrons. The van der Waals surface area contributed by atoms with Gasteiger partial charge in [0.1, 0.15) is 6.23 Å². The Bertz CT molecular complexity index is 164. The average Bonchev–Trinajstić information content (AvgIpc) is 2.25. The fourth-order valence-corrected chi connectivity index (χ4v) is 4.23. The van der Waals surface area contributed by atoms with Gasteiger partial charge in [-0.25, -0.2) is 0 Å². The highest BCUT2D eigenvalue weighted by atomic mass is 28.4. The molecular weight excluding hydrogens is 238 g/mol. The fraction of sp³-hybridized carbons (Fsp3) is 1.00. The first-order valence-corrected chi connectivity index (χ1v) is 8.36. The lowest BCUT2D eigenvalue weighted by Crippen LogP contribution is -2.46. The smallest absolute Gasteiger partial charge is 0.379 e. The molecule has 0 heterocycles. The van der Waals surface area contributed by atoms with E-state index >= 15 is 0 Å². The zero-order valence-corrected chi connectivity index (χ0v) is 12.5. The highest BCUT2D eigenvalue weighted by Crippen LogP contribution is 2.17. The lowest BCUT2D eigenvalue weighted by molar-refractivity contribution is 0.0702. The Balaban J connectivity index is 4.14. The molecule has 0 aromatic heterocycles. The SMILES string of the molecule is CCO[Si](CCCNC(C)O)(OCC)OCC. The van der Waals surface area contributed by atoms with E-state index in [9.17, 15) is 0 Å². The number of rotatable bonds is 11. The van der Waals surface area contributed by atoms with E-state index in [1.807, 2.05) is 20.8 Å². The minimum atomic E-state index is -2.49. The highest BCUT2D eigenvalue weighted by Gasteiger charge is 2.39. The van der Waals surface area contributed by atoms with Gasteiger partial charge < -0.3 is 18.4 Å². The molecule has 5 nitrogen and oxygen atoms in total. The zero-order valence-electron chi connectivity index (χ0n) is 11.5. The Labute approximate surface area is 106 Å². The molecule has 0 bridgehead atoms. The molecule has 0 aliphatic rings. The van der Waals surface area contributed by atoms with Gasteiger partial charge in [0, 0.05) is 25.9 Å². The third kappa shape index (κ3) is 7.85. The standard InChI is InChI=1S/C11H27NO4Si/c1-5-14-17(15-6-2,16-7-3)10-8-9-12-11(4)13/h11-13H,5-10H2,1-4H3. The summed E-state index contributed by atoms with van der Waals surface area (Å²) in [7, 11) is -2.49. The van der Waals surface area contributed by atoms with Crippen LogP contribution in [0.1, 0.15) is 34.1 Å². The quantitative estimate of drug-likeness (QED) is 0.335. The van der Waals surface area contributed by atoms with Gasteiger partial charge in [-0.05, 0) is 40.7 Å². The first-order valence-electron chi connectivity index (χ1n) is 6.43. The first kappa shape index (κ1) is 17.0. The maximum Gasteiger partial charge on any atom is 0.500 e. The van der Waals surface area contributed by atoms with Crippen molar-refractivity contribution in [3.63, 3.8) is 0 Å². The molecule has 0 rings (SSSR count). The third-order valence-corrected chi connectivity index (χ3v) is 5.34. The van der Waals surface area contributed by atoms with Gasteiger partial charge in [-0.3, -0.25) is 5.32 Å². The second kappa shape index (κ2) is 9.99. The Kier molecular flexibility index (Phi) is 10.00. The van der Waals surface area contributed by atoms with E-state index in [0.29, 0.717) is 19.8 Å². The topological polar surface area (TPSA) is 60.0 Å². The molecule has 0 aliphatic carbocycles. The van der Waals surface area contributed by atoms with Crippen molar-refractivity contribution in [1.82, 2.24) is 5.32 Å². The molecule has 0 saturated heterocycles. The molecule has 0 aromatic rings. The summed E-state index contributed by atoms with van der Waals surface area (Å²) in [5.74, 6) is 0. The predicted molar refractivity (Wildman–Crippen MR) is 69.7 cm³/mol. The molecule has 104 valence electrons. The molecule has 2 N–H and O–H groups in total. The fourth-order valence-electron chi connectivity index (χ4n) is 1.62. The van der Waals surface area contributed by atoms with E-state index in [4.69, 9.17) is 18.4 Å². The van der Waals surface area contributed by atoms with Crippen LogP contribution in [0.25, 0.3) is 0 Å². The number of hydrogen-bond donors (Lipinski definition) is 2. The molecule has 0 aromatic carbocycles. The van der Waals surface area contributed by atoms with Gasteiger partial charge in [-0.2, -0.15) is 0 Å². The van der Waals surface area contributed by atoms with Crippen LogP contribution in [-0.2, 0) is 13.3 Å². The van der Waals surface area contributed by atoms with Crippen LogP contribution in [0.5, 0.6) is 0 Å². The molecule has 17 heavy (non-hydrogen) atoms. The van der Waals surface area contributed by atoms with Gasteiger partial charge in [0.05, 0.1) is 0 Å². The molecule has 0 saturated carbocycles. The Morgan fingerprint density at radius 3 is 1.88 bits per heavy atom. The molecule has 6 heteroatoms. The van der Waals surface area contributed by atoms with Gasteiger partial charge in [0.25, 0.3) is 0 Å². The molecule has 1 atom stereocenters. The van der Waals surface area contributed by atoms with Crippen molar-refractivity contribution in [1.29, 1.82) is 0 Å². The van der Waals surface area contributed by atoms with Crippen LogP contribution in [0.3, 0.4) is 0 Å². The zero-order chi connectivity index (χ0) is 13.1. The van der Waals surface area contributed by atoms with Gasteiger partial charge in [-0.15, -0.1) is 0 Å². The molecule has 1 unspecified atom stereocenters. The van der Waals surface area contributed by atoms with Crippen LogP contribution in [0.4, 0.5) is 0 Å². The van der Waals surface area contributed by atoms with Crippen molar-refractivity contribution in [2.45, 2.75) is 46.4 Å². The summed E-state index contributed by atoms with van der Waals surface area (Å²) >= 11 is 0. The van der Waals surface area contributed by atoms with E-state index in [1.165, 1.54) is 0 Å². The van der Waals surface area contributed by atoms with Gasteiger partial charge in [-0.1, -0.05) is 0 Å². The largest absolute Gasteiger partial charge is 0.500 e. The Hall–Kier alpha value is 0.0169. The van der Waals surface area contributed by atoms with Crippen LogP contribution >= 0.6 is 0 Å². The minimum Gasteiger partial charge on any atom is -0.379 e. The molecule has 0 fully saturated rings. The highest BCUT2D eigenvalue weighted by molar-refractivity contribution is 6.60. The Morgan fingerprint density at radius 1 is 1.06 bits per heavy atom. The van der Waals surface area contributed by atoms with Crippen molar-refractivity contribution in [2.75, 3.05) is 26.4 Å². The van der Waals surface area contributed by atoms with E-state index in [1.54, 1.807) is 6.92 Å². The second-order valence-corrected chi connectivity index (χ2v) is 6.45. The molecular formula is C11H27NO4Si. The van der Waals surface area contributed by atoms with E-state index < -0.39 is 15.0 Å². The number of aliphatic hydroxyl groups is 1. The van der Waals surface area contributed by atoms with Crippen molar-refractivity contribution in [3.05, 3.63) is 0 Å². The lowest BCUT2D eigenvalue weighted by atomic mass is 10.4. The maximum atomic E-state index is 9.10. The van der Waals surface area contributed by atoms with Gasteiger partial charge in [0.15, 0.2) is 0 Å². The monoisotopic (exact) mass is 265 g/mol. The first-order chi connectivity index (χ1) is 8.10. The van der Waals surface area contributed by atoms with E-state index in [2.05, 4.69) is 5.32 Å². The maximum absolute atomic E-state index is 9.10. The predicted octanol–water partition coefficient (Wildman–Crippen LogP) is 1.35. The van der Waals surface area contributed by atoms with Crippen molar-refractivity contribution in [3.8, 4) is 0 Å². The summed E-state index contributed by atoms with van der Waals surface area (Å²) in [6, 6.07) is 0.780. The number of aliphatic hydroxyl groups excluding tert-OH is 1. The van der Waals surface area contributed by atoms with Crippen LogP contribution < -0.4 is 5.32 Å². The number of hydrogen-bond acceptors (Lipinski definition) is 5.